The monoisotopic (exact) mass is 358 g/mol. The molecule has 2 saturated heterocycles. The van der Waals surface area contributed by atoms with Crippen LogP contribution in [0, 0.1) is 45.8 Å². The summed E-state index contributed by atoms with van der Waals surface area (Å²) in [6.45, 7) is 8.39. The predicted octanol–water partition coefficient (Wildman–Crippen LogP) is 1.47. The van der Waals surface area contributed by atoms with Crippen LogP contribution in [-0.4, -0.2) is 40.3 Å². The highest BCUT2D eigenvalue weighted by atomic mass is 16.6. The van der Waals surface area contributed by atoms with Crippen LogP contribution in [0.25, 0.3) is 0 Å². The number of carbonyl (C=O) groups is 2. The van der Waals surface area contributed by atoms with E-state index in [4.69, 9.17) is 4.74 Å². The maximum atomic E-state index is 13.4. The summed E-state index contributed by atoms with van der Waals surface area (Å²) in [5.74, 6) is -2.36. The molecule has 0 aromatic carbocycles. The van der Waals surface area contributed by atoms with Gasteiger partial charge in [-0.1, -0.05) is 26.0 Å². The first-order valence-electron chi connectivity index (χ1n) is 9.96. The van der Waals surface area contributed by atoms with E-state index in [1.165, 1.54) is 0 Å². The zero-order valence-electron chi connectivity index (χ0n) is 15.3. The van der Waals surface area contributed by atoms with Crippen molar-refractivity contribution in [3.05, 3.63) is 12.2 Å². The van der Waals surface area contributed by atoms with Gasteiger partial charge in [-0.05, 0) is 42.4 Å². The Morgan fingerprint density at radius 1 is 1.23 bits per heavy atom. The number of allylic oxidation sites excluding steroid dienone is 1. The number of Topliss-reactive ketones (excluding diaryl/α,β-unsaturated/α-hetero) is 2. The van der Waals surface area contributed by atoms with Gasteiger partial charge in [-0.15, -0.1) is 0 Å². The molecule has 140 valence electrons. The van der Waals surface area contributed by atoms with E-state index < -0.39 is 22.7 Å². The Bertz CT molecular complexity index is 800. The maximum Gasteiger partial charge on any atom is 0.205 e. The van der Waals surface area contributed by atoms with Gasteiger partial charge in [0.2, 0.25) is 5.79 Å². The van der Waals surface area contributed by atoms with Crippen LogP contribution in [-0.2, 0) is 14.3 Å². The van der Waals surface area contributed by atoms with Crippen molar-refractivity contribution in [3.63, 3.8) is 0 Å². The molecule has 9 atom stereocenters. The highest BCUT2D eigenvalue weighted by Crippen LogP contribution is 2.83. The summed E-state index contributed by atoms with van der Waals surface area (Å²) in [5, 5.41) is 23.0. The van der Waals surface area contributed by atoms with Gasteiger partial charge in [-0.2, -0.15) is 0 Å². The fraction of sp³-hybridized carbons (Fsp3) is 0.810. The summed E-state index contributed by atoms with van der Waals surface area (Å²) in [5.41, 5.74) is -1.25. The average Bonchev–Trinajstić information content (AvgIpc) is 2.58. The van der Waals surface area contributed by atoms with Crippen LogP contribution in [0.3, 0.4) is 0 Å². The standard InChI is InChI=1S/C21H26O5/c1-9-10-4-5-11-19-8-26-21(25,20(11)14(10)13(9)16(20)23)17(24)15(19)18(2,3)7-6-12(19)22/h10-11,13-15,17,24-25H,1,4-8H2,2-3H3/t10-,11-,13?,14-,15+,17-,19+,20+,21+/m0/s1. The number of aliphatic hydroxyl groups excluding tert-OH is 1. The number of hydrogen-bond acceptors (Lipinski definition) is 5. The first-order chi connectivity index (χ1) is 12.2. The molecule has 5 heteroatoms. The number of fused-ring (bicyclic) bond motifs is 1. The first-order valence-corrected chi connectivity index (χ1v) is 9.96. The Balaban J connectivity index is 1.62. The van der Waals surface area contributed by atoms with Gasteiger partial charge < -0.3 is 14.9 Å². The van der Waals surface area contributed by atoms with Crippen molar-refractivity contribution in [1.29, 1.82) is 0 Å². The average molecular weight is 358 g/mol. The molecule has 7 fully saturated rings. The third-order valence-corrected chi connectivity index (χ3v) is 9.57. The van der Waals surface area contributed by atoms with Crippen molar-refractivity contribution in [3.8, 4) is 0 Å². The van der Waals surface area contributed by atoms with Crippen LogP contribution >= 0.6 is 0 Å². The minimum Gasteiger partial charge on any atom is -0.387 e. The van der Waals surface area contributed by atoms with Gasteiger partial charge in [0.25, 0.3) is 0 Å². The first kappa shape index (κ1) is 16.0. The molecule has 0 aromatic rings. The third kappa shape index (κ3) is 1.15. The van der Waals surface area contributed by atoms with Crippen LogP contribution in [0.1, 0.15) is 39.5 Å². The Kier molecular flexibility index (Phi) is 2.48. The number of ketones is 2. The molecule has 1 unspecified atom stereocenters. The minimum atomic E-state index is -1.86. The molecule has 0 aromatic heterocycles. The van der Waals surface area contributed by atoms with E-state index in [9.17, 15) is 19.8 Å². The lowest BCUT2D eigenvalue weighted by Gasteiger charge is -2.82. The highest BCUT2D eigenvalue weighted by Gasteiger charge is 2.91. The van der Waals surface area contributed by atoms with Crippen LogP contribution in [0.5, 0.6) is 0 Å². The fourth-order valence-electron chi connectivity index (χ4n) is 8.70. The molecular formula is C21H26O5. The van der Waals surface area contributed by atoms with E-state index in [1.807, 2.05) is 0 Å². The van der Waals surface area contributed by atoms with E-state index in [2.05, 4.69) is 20.4 Å². The number of ether oxygens (including phenoxy) is 1. The Labute approximate surface area is 152 Å². The van der Waals surface area contributed by atoms with Gasteiger partial charge >= 0.3 is 0 Å². The predicted molar refractivity (Wildman–Crippen MR) is 90.6 cm³/mol. The molecule has 2 N–H and O–H groups in total. The van der Waals surface area contributed by atoms with Crippen molar-refractivity contribution in [2.75, 3.05) is 6.61 Å². The van der Waals surface area contributed by atoms with Gasteiger partial charge in [0, 0.05) is 18.3 Å². The molecule has 5 aliphatic carbocycles. The number of carbonyl (C=O) groups excluding carboxylic acids is 2. The van der Waals surface area contributed by atoms with E-state index in [1.54, 1.807) is 0 Å². The molecule has 2 heterocycles. The lowest BCUT2D eigenvalue weighted by atomic mass is 9.23. The normalized spacial score (nSPS) is 61.2. The lowest BCUT2D eigenvalue weighted by Crippen LogP contribution is -2.91. The molecule has 2 spiro atoms. The fourth-order valence-corrected chi connectivity index (χ4v) is 8.70. The molecule has 7 aliphatic rings. The topological polar surface area (TPSA) is 83.8 Å². The largest absolute Gasteiger partial charge is 0.387 e. The second-order valence-electron chi connectivity index (χ2n) is 10.4. The quantitative estimate of drug-likeness (QED) is 0.641. The van der Waals surface area contributed by atoms with Gasteiger partial charge in [0.05, 0.1) is 17.4 Å². The molecule has 5 nitrogen and oxygen atoms in total. The molecule has 0 amide bonds. The smallest absolute Gasteiger partial charge is 0.205 e. The van der Waals surface area contributed by atoms with E-state index in [0.29, 0.717) is 12.8 Å². The van der Waals surface area contributed by atoms with Gasteiger partial charge in [0.1, 0.15) is 11.9 Å². The van der Waals surface area contributed by atoms with E-state index >= 15 is 0 Å². The second kappa shape index (κ2) is 4.03. The Morgan fingerprint density at radius 2 is 1.96 bits per heavy atom. The van der Waals surface area contributed by atoms with Crippen LogP contribution in [0.15, 0.2) is 12.2 Å². The molecule has 0 radical (unpaired) electrons. The second-order valence-corrected chi connectivity index (χ2v) is 10.4. The van der Waals surface area contributed by atoms with Gasteiger partial charge in [-0.3, -0.25) is 9.59 Å². The summed E-state index contributed by atoms with van der Waals surface area (Å²) in [7, 11) is 0. The van der Waals surface area contributed by atoms with Gasteiger partial charge in [0.15, 0.2) is 5.78 Å². The maximum absolute atomic E-state index is 13.4. The Morgan fingerprint density at radius 3 is 2.69 bits per heavy atom. The summed E-state index contributed by atoms with van der Waals surface area (Å²) in [4.78, 5) is 26.7. The zero-order chi connectivity index (χ0) is 18.4. The van der Waals surface area contributed by atoms with Crippen molar-refractivity contribution in [2.45, 2.75) is 51.4 Å². The summed E-state index contributed by atoms with van der Waals surface area (Å²) >= 11 is 0. The van der Waals surface area contributed by atoms with Gasteiger partial charge in [-0.25, -0.2) is 0 Å². The van der Waals surface area contributed by atoms with E-state index in [0.717, 1.165) is 18.4 Å². The molecular weight excluding hydrogens is 332 g/mol. The number of rotatable bonds is 0. The molecule has 5 saturated carbocycles. The molecule has 26 heavy (non-hydrogen) atoms. The van der Waals surface area contributed by atoms with Crippen LogP contribution in [0.2, 0.25) is 0 Å². The van der Waals surface area contributed by atoms with Crippen LogP contribution < -0.4 is 0 Å². The third-order valence-electron chi connectivity index (χ3n) is 9.57. The Hall–Kier alpha value is -1.04. The van der Waals surface area contributed by atoms with Crippen molar-refractivity contribution < 1.29 is 24.5 Å². The highest BCUT2D eigenvalue weighted by molar-refractivity contribution is 6.02. The molecule has 2 bridgehead atoms. The SMILES string of the molecule is C=C1C2C(=O)[C@]34[C@H]2[C@H]1CC[C@H]3[C@@]12CO[C@]4(O)[C@@H](O)[C@@H]1C(C)(C)CCC2=O. The number of hydrogen-bond donors (Lipinski definition) is 2. The van der Waals surface area contributed by atoms with E-state index in [-0.39, 0.29) is 53.2 Å². The summed E-state index contributed by atoms with van der Waals surface area (Å²) < 4.78 is 5.90. The lowest BCUT2D eigenvalue weighted by molar-refractivity contribution is -0.455. The zero-order valence-corrected chi connectivity index (χ0v) is 15.3. The minimum absolute atomic E-state index is 0.0168. The van der Waals surface area contributed by atoms with Crippen LogP contribution in [0.4, 0.5) is 0 Å². The molecule has 2 aliphatic heterocycles. The van der Waals surface area contributed by atoms with Crippen molar-refractivity contribution >= 4 is 11.6 Å². The van der Waals surface area contributed by atoms with Crippen molar-refractivity contribution in [2.24, 2.45) is 45.8 Å². The summed E-state index contributed by atoms with van der Waals surface area (Å²) in [6.07, 6.45) is 1.61. The summed E-state index contributed by atoms with van der Waals surface area (Å²) in [6, 6.07) is 0. The van der Waals surface area contributed by atoms with Crippen molar-refractivity contribution in [1.82, 2.24) is 0 Å². The number of aliphatic hydroxyl groups is 2. The molecule has 7 rings (SSSR count).